The van der Waals surface area contributed by atoms with Crippen molar-refractivity contribution in [1.29, 1.82) is 0 Å². The van der Waals surface area contributed by atoms with Crippen molar-refractivity contribution < 1.29 is 9.21 Å². The van der Waals surface area contributed by atoms with Gasteiger partial charge in [-0.1, -0.05) is 6.07 Å². The number of aromatic nitrogens is 1. The van der Waals surface area contributed by atoms with E-state index in [2.05, 4.69) is 15.6 Å². The highest BCUT2D eigenvalue weighted by Crippen LogP contribution is 2.49. The van der Waals surface area contributed by atoms with Crippen LogP contribution in [0.25, 0.3) is 11.1 Å². The van der Waals surface area contributed by atoms with Crippen LogP contribution in [0.2, 0.25) is 0 Å². The third-order valence-electron chi connectivity index (χ3n) is 4.94. The zero-order chi connectivity index (χ0) is 14.4. The number of hydrogen-bond acceptors (Lipinski definition) is 4. The van der Waals surface area contributed by atoms with Crippen LogP contribution in [0.5, 0.6) is 0 Å². The van der Waals surface area contributed by atoms with Gasteiger partial charge in [-0.25, -0.2) is 4.79 Å². The monoisotopic (exact) mass is 287 g/mol. The van der Waals surface area contributed by atoms with Crippen molar-refractivity contribution in [3.63, 3.8) is 0 Å². The van der Waals surface area contributed by atoms with Crippen molar-refractivity contribution >= 4 is 17.0 Å². The van der Waals surface area contributed by atoms with Gasteiger partial charge in [-0.05, 0) is 43.0 Å². The summed E-state index contributed by atoms with van der Waals surface area (Å²) < 4.78 is 4.96. The molecule has 21 heavy (non-hydrogen) atoms. The Morgan fingerprint density at radius 1 is 1.48 bits per heavy atom. The Morgan fingerprint density at radius 2 is 2.38 bits per heavy atom. The number of nitrogens with one attached hydrogen (secondary N) is 3. The molecule has 0 unspecified atom stereocenters. The first-order valence-corrected chi connectivity index (χ1v) is 7.28. The highest BCUT2D eigenvalue weighted by Gasteiger charge is 2.54. The minimum atomic E-state index is -0.459. The molecule has 2 fully saturated rings. The molecule has 1 aromatic carbocycles. The van der Waals surface area contributed by atoms with Gasteiger partial charge < -0.3 is 15.1 Å². The van der Waals surface area contributed by atoms with Crippen LogP contribution in [-0.4, -0.2) is 24.0 Å². The second-order valence-electron chi connectivity index (χ2n) is 6.05. The zero-order valence-corrected chi connectivity index (χ0v) is 11.6. The van der Waals surface area contributed by atoms with Crippen molar-refractivity contribution in [2.24, 2.45) is 11.3 Å². The number of oxazole rings is 1. The lowest BCUT2D eigenvalue weighted by Gasteiger charge is -2.42. The lowest BCUT2D eigenvalue weighted by Crippen LogP contribution is -2.51. The second-order valence-corrected chi connectivity index (χ2v) is 6.05. The van der Waals surface area contributed by atoms with Gasteiger partial charge in [0.15, 0.2) is 5.58 Å². The number of benzene rings is 1. The van der Waals surface area contributed by atoms with Crippen molar-refractivity contribution in [3.8, 4) is 0 Å². The van der Waals surface area contributed by atoms with Crippen LogP contribution in [0, 0.1) is 11.3 Å². The van der Waals surface area contributed by atoms with Gasteiger partial charge in [0.2, 0.25) is 5.91 Å². The second kappa shape index (κ2) is 4.46. The molecule has 2 aliphatic rings. The fourth-order valence-electron chi connectivity index (χ4n) is 3.54. The Bertz CT molecular complexity index is 763. The standard InChI is InChI=1S/C15H17N3O3/c19-13(15-4-3-10(15)7-16-8-15)17-6-9-1-2-12-11(5-9)18-14(20)21-12/h1-2,5,10,16H,3-4,6-8H2,(H,17,19)(H,18,20)/t10-,15-/m0/s1. The molecule has 3 N–H and O–H groups in total. The van der Waals surface area contributed by atoms with Gasteiger partial charge in [-0.3, -0.25) is 9.78 Å². The average molecular weight is 287 g/mol. The molecule has 1 aromatic heterocycles. The smallest absolute Gasteiger partial charge is 0.408 e. The molecule has 110 valence electrons. The van der Waals surface area contributed by atoms with E-state index < -0.39 is 5.76 Å². The van der Waals surface area contributed by atoms with Crippen molar-refractivity contribution in [2.45, 2.75) is 19.4 Å². The first kappa shape index (κ1) is 12.6. The average Bonchev–Trinajstić information content (AvgIpc) is 2.95. The van der Waals surface area contributed by atoms with E-state index in [1.807, 2.05) is 12.1 Å². The number of carbonyl (C=O) groups excluding carboxylic acids is 1. The number of fused-ring (bicyclic) bond motifs is 2. The molecule has 1 saturated carbocycles. The molecular weight excluding hydrogens is 270 g/mol. The van der Waals surface area contributed by atoms with E-state index in [0.29, 0.717) is 23.6 Å². The SMILES string of the molecule is O=C(NCc1ccc2oc(=O)[nH]c2c1)[C@]12CC[C@H]1CNC2. The lowest BCUT2D eigenvalue weighted by molar-refractivity contribution is -0.138. The fraction of sp³-hybridized carbons (Fsp3) is 0.467. The molecular formula is C15H17N3O3. The Morgan fingerprint density at radius 3 is 3.14 bits per heavy atom. The summed E-state index contributed by atoms with van der Waals surface area (Å²) in [5, 5.41) is 6.35. The minimum absolute atomic E-state index is 0.143. The van der Waals surface area contributed by atoms with Crippen LogP contribution in [0.1, 0.15) is 18.4 Å². The number of carbonyl (C=O) groups is 1. The summed E-state index contributed by atoms with van der Waals surface area (Å²) in [6.45, 7) is 2.21. The zero-order valence-electron chi connectivity index (χ0n) is 11.6. The quantitative estimate of drug-likeness (QED) is 0.777. The molecule has 1 saturated heterocycles. The molecule has 0 radical (unpaired) electrons. The van der Waals surface area contributed by atoms with Gasteiger partial charge in [0.25, 0.3) is 0 Å². The third-order valence-corrected chi connectivity index (χ3v) is 4.94. The molecule has 1 aliphatic heterocycles. The highest BCUT2D eigenvalue weighted by atomic mass is 16.4. The molecule has 0 spiro atoms. The van der Waals surface area contributed by atoms with Gasteiger partial charge in [0.1, 0.15) is 0 Å². The number of hydrogen-bond donors (Lipinski definition) is 3. The van der Waals surface area contributed by atoms with E-state index >= 15 is 0 Å². The van der Waals surface area contributed by atoms with Crippen LogP contribution < -0.4 is 16.4 Å². The van der Waals surface area contributed by atoms with E-state index in [1.54, 1.807) is 6.07 Å². The number of amides is 1. The molecule has 6 heteroatoms. The fourth-order valence-corrected chi connectivity index (χ4v) is 3.54. The van der Waals surface area contributed by atoms with E-state index in [0.717, 1.165) is 31.5 Å². The minimum Gasteiger partial charge on any atom is -0.408 e. The van der Waals surface area contributed by atoms with Gasteiger partial charge in [0, 0.05) is 13.1 Å². The summed E-state index contributed by atoms with van der Waals surface area (Å²) in [6, 6.07) is 5.45. The van der Waals surface area contributed by atoms with Crippen LogP contribution in [0.4, 0.5) is 0 Å². The summed E-state index contributed by atoms with van der Waals surface area (Å²) in [5.74, 6) is 0.175. The van der Waals surface area contributed by atoms with Gasteiger partial charge >= 0.3 is 5.76 Å². The predicted octanol–water partition coefficient (Wildman–Crippen LogP) is 0.737. The van der Waals surface area contributed by atoms with Gasteiger partial charge in [0.05, 0.1) is 10.9 Å². The maximum absolute atomic E-state index is 12.4. The molecule has 6 nitrogen and oxygen atoms in total. The molecule has 2 aromatic rings. The molecule has 1 amide bonds. The number of H-pyrrole nitrogens is 1. The van der Waals surface area contributed by atoms with E-state index in [9.17, 15) is 9.59 Å². The lowest BCUT2D eigenvalue weighted by atomic mass is 9.61. The maximum Gasteiger partial charge on any atom is 0.417 e. The van der Waals surface area contributed by atoms with Crippen molar-refractivity contribution in [3.05, 3.63) is 34.3 Å². The summed E-state index contributed by atoms with van der Waals surface area (Å²) in [6.07, 6.45) is 2.12. The highest BCUT2D eigenvalue weighted by molar-refractivity contribution is 5.85. The van der Waals surface area contributed by atoms with Crippen LogP contribution >= 0.6 is 0 Å². The maximum atomic E-state index is 12.4. The Kier molecular flexibility index (Phi) is 2.68. The largest absolute Gasteiger partial charge is 0.417 e. The Hall–Kier alpha value is -2.08. The first-order chi connectivity index (χ1) is 10.2. The van der Waals surface area contributed by atoms with E-state index in [1.165, 1.54) is 0 Å². The number of rotatable bonds is 3. The predicted molar refractivity (Wildman–Crippen MR) is 76.7 cm³/mol. The summed E-state index contributed by atoms with van der Waals surface area (Å²) in [4.78, 5) is 26.2. The third kappa shape index (κ3) is 1.90. The molecule has 1 aliphatic carbocycles. The molecule has 0 bridgehead atoms. The Balaban J connectivity index is 1.48. The normalized spacial score (nSPS) is 27.3. The first-order valence-electron chi connectivity index (χ1n) is 7.28. The van der Waals surface area contributed by atoms with Crippen LogP contribution in [0.3, 0.4) is 0 Å². The summed E-state index contributed by atoms with van der Waals surface area (Å²) in [5.41, 5.74) is 1.96. The van der Waals surface area contributed by atoms with Crippen LogP contribution in [0.15, 0.2) is 27.4 Å². The van der Waals surface area contributed by atoms with Crippen molar-refractivity contribution in [2.75, 3.05) is 13.1 Å². The van der Waals surface area contributed by atoms with Crippen molar-refractivity contribution in [1.82, 2.24) is 15.6 Å². The molecule has 2 heterocycles. The van der Waals surface area contributed by atoms with E-state index in [4.69, 9.17) is 4.42 Å². The summed E-state index contributed by atoms with van der Waals surface area (Å²) >= 11 is 0. The topological polar surface area (TPSA) is 87.1 Å². The number of aromatic amines is 1. The summed E-state index contributed by atoms with van der Waals surface area (Å²) in [7, 11) is 0. The Labute approximate surface area is 120 Å². The van der Waals surface area contributed by atoms with Crippen LogP contribution in [-0.2, 0) is 11.3 Å². The van der Waals surface area contributed by atoms with E-state index in [-0.39, 0.29) is 11.3 Å². The van der Waals surface area contributed by atoms with Gasteiger partial charge in [-0.2, -0.15) is 0 Å². The molecule has 2 atom stereocenters. The van der Waals surface area contributed by atoms with Gasteiger partial charge in [-0.15, -0.1) is 0 Å². The molecule has 4 rings (SSSR count).